The van der Waals surface area contributed by atoms with Gasteiger partial charge in [0.2, 0.25) is 0 Å². The van der Waals surface area contributed by atoms with Gasteiger partial charge in [-0.05, 0) is 25.6 Å². The zero-order valence-corrected chi connectivity index (χ0v) is 9.25. The molecule has 0 radical (unpaired) electrons. The topological polar surface area (TPSA) is 12.0 Å². The van der Waals surface area contributed by atoms with Crippen LogP contribution in [0.15, 0.2) is 24.3 Å². The molecule has 1 aromatic rings. The minimum absolute atomic E-state index is 0. The fourth-order valence-corrected chi connectivity index (χ4v) is 1.29. The van der Waals surface area contributed by atoms with E-state index in [4.69, 9.17) is 0 Å². The number of halogens is 4. The standard InChI is InChI=1S/C10H12F3N.ClH/c1-7(14-2)8-5-3-4-6-9(8)10(11,12)13;/h3-7,14H,1-2H3;1H/t7-;/m0./s1. The highest BCUT2D eigenvalue weighted by Crippen LogP contribution is 2.34. The van der Waals surface area contributed by atoms with Crippen molar-refractivity contribution in [2.75, 3.05) is 7.05 Å². The minimum atomic E-state index is -4.28. The number of alkyl halides is 3. The van der Waals surface area contributed by atoms with Gasteiger partial charge in [-0.25, -0.2) is 0 Å². The second kappa shape index (κ2) is 5.37. The van der Waals surface area contributed by atoms with E-state index >= 15 is 0 Å². The van der Waals surface area contributed by atoms with Crippen LogP contribution in [0, 0.1) is 0 Å². The predicted octanol–water partition coefficient (Wildman–Crippen LogP) is 3.41. The molecule has 0 fully saturated rings. The molecule has 0 aliphatic rings. The lowest BCUT2D eigenvalue weighted by Crippen LogP contribution is -2.18. The first-order valence-corrected chi connectivity index (χ1v) is 4.30. The van der Waals surface area contributed by atoms with Crippen LogP contribution < -0.4 is 5.32 Å². The summed E-state index contributed by atoms with van der Waals surface area (Å²) < 4.78 is 37.6. The molecule has 0 saturated heterocycles. The van der Waals surface area contributed by atoms with E-state index in [9.17, 15) is 13.2 Å². The van der Waals surface area contributed by atoms with Crippen molar-refractivity contribution in [2.45, 2.75) is 19.1 Å². The molecular formula is C10H13ClF3N. The summed E-state index contributed by atoms with van der Waals surface area (Å²) >= 11 is 0. The van der Waals surface area contributed by atoms with E-state index in [2.05, 4.69) is 5.32 Å². The van der Waals surface area contributed by atoms with Gasteiger partial charge < -0.3 is 5.32 Å². The largest absolute Gasteiger partial charge is 0.416 e. The van der Waals surface area contributed by atoms with Gasteiger partial charge in [0.15, 0.2) is 0 Å². The van der Waals surface area contributed by atoms with Crippen molar-refractivity contribution in [2.24, 2.45) is 0 Å². The van der Waals surface area contributed by atoms with Crippen molar-refractivity contribution in [3.05, 3.63) is 35.4 Å². The van der Waals surface area contributed by atoms with Crippen molar-refractivity contribution >= 4 is 12.4 Å². The smallest absolute Gasteiger partial charge is 0.313 e. The van der Waals surface area contributed by atoms with Gasteiger partial charge in [0, 0.05) is 6.04 Å². The first-order valence-electron chi connectivity index (χ1n) is 4.30. The van der Waals surface area contributed by atoms with Gasteiger partial charge in [0.25, 0.3) is 0 Å². The van der Waals surface area contributed by atoms with Crippen molar-refractivity contribution in [1.82, 2.24) is 5.32 Å². The van der Waals surface area contributed by atoms with Crippen molar-refractivity contribution in [3.63, 3.8) is 0 Å². The quantitative estimate of drug-likeness (QED) is 0.834. The summed E-state index contributed by atoms with van der Waals surface area (Å²) in [4.78, 5) is 0. The molecule has 0 saturated carbocycles. The average molecular weight is 240 g/mol. The number of benzene rings is 1. The number of hydrogen-bond donors (Lipinski definition) is 1. The van der Waals surface area contributed by atoms with E-state index in [1.54, 1.807) is 20.0 Å². The SMILES string of the molecule is CN[C@@H](C)c1ccccc1C(F)(F)F.Cl. The molecule has 0 unspecified atom stereocenters. The van der Waals surface area contributed by atoms with E-state index in [0.29, 0.717) is 0 Å². The molecule has 1 aromatic carbocycles. The molecule has 1 N–H and O–H groups in total. The van der Waals surface area contributed by atoms with Crippen LogP contribution >= 0.6 is 12.4 Å². The molecule has 0 heterocycles. The molecule has 1 rings (SSSR count). The molecule has 0 amide bonds. The van der Waals surface area contributed by atoms with Gasteiger partial charge in [-0.1, -0.05) is 18.2 Å². The lowest BCUT2D eigenvalue weighted by molar-refractivity contribution is -0.138. The highest BCUT2D eigenvalue weighted by Gasteiger charge is 2.33. The number of hydrogen-bond acceptors (Lipinski definition) is 1. The third-order valence-electron chi connectivity index (χ3n) is 2.17. The average Bonchev–Trinajstić information content (AvgIpc) is 2.15. The zero-order valence-electron chi connectivity index (χ0n) is 8.43. The van der Waals surface area contributed by atoms with E-state index in [-0.39, 0.29) is 24.0 Å². The first-order chi connectivity index (χ1) is 6.46. The maximum absolute atomic E-state index is 12.5. The van der Waals surface area contributed by atoms with Crippen molar-refractivity contribution in [1.29, 1.82) is 0 Å². The summed E-state index contributed by atoms with van der Waals surface area (Å²) in [5.41, 5.74) is -0.288. The Kier molecular flexibility index (Phi) is 5.11. The van der Waals surface area contributed by atoms with Crippen molar-refractivity contribution < 1.29 is 13.2 Å². The third-order valence-corrected chi connectivity index (χ3v) is 2.17. The molecule has 5 heteroatoms. The Hall–Kier alpha value is -0.740. The third kappa shape index (κ3) is 3.39. The Labute approximate surface area is 93.1 Å². The van der Waals surface area contributed by atoms with Crippen LogP contribution in [0.5, 0.6) is 0 Å². The van der Waals surface area contributed by atoms with Gasteiger partial charge in [-0.15, -0.1) is 12.4 Å². The molecule has 0 bridgehead atoms. The molecule has 1 atom stereocenters. The summed E-state index contributed by atoms with van der Waals surface area (Å²) in [6.45, 7) is 1.70. The number of rotatable bonds is 2. The molecule has 86 valence electrons. The van der Waals surface area contributed by atoms with Crippen LogP contribution in [0.4, 0.5) is 13.2 Å². The van der Waals surface area contributed by atoms with E-state index in [0.717, 1.165) is 6.07 Å². The Morgan fingerprint density at radius 2 is 1.73 bits per heavy atom. The Balaban J connectivity index is 0.00000196. The first kappa shape index (κ1) is 14.3. The molecule has 0 spiro atoms. The fourth-order valence-electron chi connectivity index (χ4n) is 1.29. The molecule has 0 aliphatic heterocycles. The van der Waals surface area contributed by atoms with Gasteiger partial charge in [0.1, 0.15) is 0 Å². The molecule has 0 aromatic heterocycles. The van der Waals surface area contributed by atoms with E-state index in [1.807, 2.05) is 0 Å². The molecular weight excluding hydrogens is 227 g/mol. The maximum atomic E-state index is 12.5. The van der Waals surface area contributed by atoms with Crippen LogP contribution in [-0.4, -0.2) is 7.05 Å². The lowest BCUT2D eigenvalue weighted by atomic mass is 10.0. The van der Waals surface area contributed by atoms with Crippen LogP contribution in [0.25, 0.3) is 0 Å². The van der Waals surface area contributed by atoms with Gasteiger partial charge in [-0.2, -0.15) is 13.2 Å². The van der Waals surface area contributed by atoms with Crippen LogP contribution in [0.1, 0.15) is 24.1 Å². The van der Waals surface area contributed by atoms with Crippen LogP contribution in [-0.2, 0) is 6.18 Å². The Morgan fingerprint density at radius 1 is 1.20 bits per heavy atom. The van der Waals surface area contributed by atoms with Gasteiger partial charge in [0.05, 0.1) is 5.56 Å². The summed E-state index contributed by atoms with van der Waals surface area (Å²) in [5, 5.41) is 2.79. The summed E-state index contributed by atoms with van der Waals surface area (Å²) in [6, 6.07) is 5.30. The Bertz CT molecular complexity index is 312. The molecule has 0 aliphatic carbocycles. The normalized spacial score (nSPS) is 13.1. The molecule has 1 nitrogen and oxygen atoms in total. The number of nitrogens with one attached hydrogen (secondary N) is 1. The Morgan fingerprint density at radius 3 is 2.20 bits per heavy atom. The van der Waals surface area contributed by atoms with Crippen molar-refractivity contribution in [3.8, 4) is 0 Å². The fraction of sp³-hybridized carbons (Fsp3) is 0.400. The van der Waals surface area contributed by atoms with Crippen LogP contribution in [0.3, 0.4) is 0 Å². The maximum Gasteiger partial charge on any atom is 0.416 e. The second-order valence-electron chi connectivity index (χ2n) is 3.10. The summed E-state index contributed by atoms with van der Waals surface area (Å²) in [7, 11) is 1.64. The van der Waals surface area contributed by atoms with E-state index < -0.39 is 11.7 Å². The summed E-state index contributed by atoms with van der Waals surface area (Å²) in [5.74, 6) is 0. The van der Waals surface area contributed by atoms with Crippen LogP contribution in [0.2, 0.25) is 0 Å². The summed E-state index contributed by atoms with van der Waals surface area (Å²) in [6.07, 6.45) is -4.28. The second-order valence-corrected chi connectivity index (χ2v) is 3.10. The highest BCUT2D eigenvalue weighted by molar-refractivity contribution is 5.85. The molecule has 15 heavy (non-hydrogen) atoms. The predicted molar refractivity (Wildman–Crippen MR) is 56.2 cm³/mol. The lowest BCUT2D eigenvalue weighted by Gasteiger charge is -2.17. The highest BCUT2D eigenvalue weighted by atomic mass is 35.5. The zero-order chi connectivity index (χ0) is 10.8. The van der Waals surface area contributed by atoms with E-state index in [1.165, 1.54) is 12.1 Å². The monoisotopic (exact) mass is 239 g/mol. The van der Waals surface area contributed by atoms with Gasteiger partial charge >= 0.3 is 6.18 Å². The van der Waals surface area contributed by atoms with Gasteiger partial charge in [-0.3, -0.25) is 0 Å². The minimum Gasteiger partial charge on any atom is -0.313 e.